The predicted molar refractivity (Wildman–Crippen MR) is 67.9 cm³/mol. The molecule has 4 nitrogen and oxygen atoms in total. The number of amides is 1. The van der Waals surface area contributed by atoms with Crippen LogP contribution in [0.3, 0.4) is 0 Å². The van der Waals surface area contributed by atoms with Crippen molar-refractivity contribution >= 4 is 17.0 Å². The minimum Gasteiger partial charge on any atom is -0.436 e. The molecule has 0 bridgehead atoms. The summed E-state index contributed by atoms with van der Waals surface area (Å²) in [7, 11) is 0. The Kier molecular flexibility index (Phi) is 2.52. The third kappa shape index (κ3) is 2.06. The van der Waals surface area contributed by atoms with Gasteiger partial charge in [0.1, 0.15) is 11.3 Å². The Morgan fingerprint density at radius 3 is 2.79 bits per heavy atom. The van der Waals surface area contributed by atoms with Gasteiger partial charge in [-0.1, -0.05) is 6.07 Å². The highest BCUT2D eigenvalue weighted by Gasteiger charge is 2.10. The third-order valence-corrected chi connectivity index (χ3v) is 2.74. The van der Waals surface area contributed by atoms with Crippen LogP contribution in [0.25, 0.3) is 22.6 Å². The van der Waals surface area contributed by atoms with Crippen molar-refractivity contribution in [2.45, 2.75) is 0 Å². The summed E-state index contributed by atoms with van der Waals surface area (Å²) in [4.78, 5) is 15.3. The van der Waals surface area contributed by atoms with Gasteiger partial charge in [-0.15, -0.1) is 0 Å². The minimum atomic E-state index is -0.530. The van der Waals surface area contributed by atoms with Crippen LogP contribution in [-0.4, -0.2) is 10.9 Å². The molecule has 0 unspecified atom stereocenters. The van der Waals surface area contributed by atoms with Gasteiger partial charge in [-0.05, 0) is 36.4 Å². The number of benzene rings is 2. The number of hydrogen-bond acceptors (Lipinski definition) is 3. The number of aromatic nitrogens is 1. The molecule has 1 aromatic heterocycles. The zero-order valence-corrected chi connectivity index (χ0v) is 9.76. The zero-order chi connectivity index (χ0) is 13.4. The number of nitrogens with zero attached hydrogens (tertiary/aromatic N) is 1. The number of nitrogens with two attached hydrogens (primary N) is 1. The first-order valence-electron chi connectivity index (χ1n) is 5.60. The van der Waals surface area contributed by atoms with Gasteiger partial charge in [-0.25, -0.2) is 9.37 Å². The van der Waals surface area contributed by atoms with Gasteiger partial charge in [0.15, 0.2) is 5.58 Å². The van der Waals surface area contributed by atoms with Crippen LogP contribution in [0.1, 0.15) is 10.4 Å². The molecule has 0 radical (unpaired) electrons. The van der Waals surface area contributed by atoms with Crippen LogP contribution in [0, 0.1) is 5.82 Å². The molecule has 0 aliphatic carbocycles. The first-order chi connectivity index (χ1) is 9.13. The Balaban J connectivity index is 2.14. The van der Waals surface area contributed by atoms with E-state index in [9.17, 15) is 9.18 Å². The predicted octanol–water partition coefficient (Wildman–Crippen LogP) is 2.73. The van der Waals surface area contributed by atoms with Crippen molar-refractivity contribution < 1.29 is 13.6 Å². The molecule has 19 heavy (non-hydrogen) atoms. The standard InChI is InChI=1S/C14H9FN2O2/c15-10-3-1-2-9(6-10)14-17-11-7-8(13(16)18)4-5-12(11)19-14/h1-7H,(H2,16,18). The molecule has 94 valence electrons. The molecule has 0 saturated carbocycles. The maximum atomic E-state index is 13.1. The van der Waals surface area contributed by atoms with Gasteiger partial charge in [0.25, 0.3) is 0 Å². The summed E-state index contributed by atoms with van der Waals surface area (Å²) in [5, 5.41) is 0. The van der Waals surface area contributed by atoms with Crippen LogP contribution < -0.4 is 5.73 Å². The Morgan fingerprint density at radius 2 is 2.05 bits per heavy atom. The largest absolute Gasteiger partial charge is 0.436 e. The average Bonchev–Trinajstić information content (AvgIpc) is 2.81. The van der Waals surface area contributed by atoms with Crippen LogP contribution in [0.15, 0.2) is 46.9 Å². The zero-order valence-electron chi connectivity index (χ0n) is 9.76. The lowest BCUT2D eigenvalue weighted by Crippen LogP contribution is -2.10. The molecular weight excluding hydrogens is 247 g/mol. The summed E-state index contributed by atoms with van der Waals surface area (Å²) >= 11 is 0. The Hall–Kier alpha value is -2.69. The molecule has 5 heteroatoms. The van der Waals surface area contributed by atoms with E-state index in [0.717, 1.165) is 0 Å². The normalized spacial score (nSPS) is 10.8. The lowest BCUT2D eigenvalue weighted by molar-refractivity contribution is 0.100. The molecule has 3 rings (SSSR count). The topological polar surface area (TPSA) is 69.1 Å². The third-order valence-electron chi connectivity index (χ3n) is 2.74. The number of carbonyl (C=O) groups is 1. The fourth-order valence-corrected chi connectivity index (χ4v) is 1.83. The van der Waals surface area contributed by atoms with Gasteiger partial charge in [0.2, 0.25) is 11.8 Å². The number of hydrogen-bond donors (Lipinski definition) is 1. The first kappa shape index (κ1) is 11.4. The second kappa shape index (κ2) is 4.20. The lowest BCUT2D eigenvalue weighted by Gasteiger charge is -1.93. The van der Waals surface area contributed by atoms with Crippen LogP contribution in [0.2, 0.25) is 0 Å². The summed E-state index contributed by atoms with van der Waals surface area (Å²) in [6.07, 6.45) is 0. The van der Waals surface area contributed by atoms with E-state index >= 15 is 0 Å². The smallest absolute Gasteiger partial charge is 0.248 e. The molecule has 0 fully saturated rings. The highest BCUT2D eigenvalue weighted by Crippen LogP contribution is 2.25. The lowest BCUT2D eigenvalue weighted by atomic mass is 10.2. The second-order valence-corrected chi connectivity index (χ2v) is 4.08. The van der Waals surface area contributed by atoms with E-state index in [1.165, 1.54) is 12.1 Å². The Morgan fingerprint density at radius 1 is 1.21 bits per heavy atom. The van der Waals surface area contributed by atoms with Gasteiger partial charge in [0, 0.05) is 11.1 Å². The van der Waals surface area contributed by atoms with E-state index in [1.54, 1.807) is 30.3 Å². The molecular formula is C14H9FN2O2. The highest BCUT2D eigenvalue weighted by atomic mass is 19.1. The SMILES string of the molecule is NC(=O)c1ccc2oc(-c3cccc(F)c3)nc2c1. The molecule has 0 saturated heterocycles. The Labute approximate surface area is 107 Å². The van der Waals surface area contributed by atoms with Gasteiger partial charge in [0.05, 0.1) is 0 Å². The number of oxazole rings is 1. The monoisotopic (exact) mass is 256 g/mol. The number of carbonyl (C=O) groups excluding carboxylic acids is 1. The van der Waals surface area contributed by atoms with Gasteiger partial charge in [-0.3, -0.25) is 4.79 Å². The molecule has 0 spiro atoms. The van der Waals surface area contributed by atoms with Crippen molar-refractivity contribution in [3.63, 3.8) is 0 Å². The Bertz CT molecular complexity index is 780. The number of halogens is 1. The number of fused-ring (bicyclic) bond motifs is 1. The molecule has 2 N–H and O–H groups in total. The minimum absolute atomic E-state index is 0.302. The molecule has 1 heterocycles. The second-order valence-electron chi connectivity index (χ2n) is 4.08. The van der Waals surface area contributed by atoms with Crippen LogP contribution >= 0.6 is 0 Å². The quantitative estimate of drug-likeness (QED) is 0.766. The van der Waals surface area contributed by atoms with E-state index in [-0.39, 0.29) is 5.82 Å². The average molecular weight is 256 g/mol. The molecule has 0 aliphatic heterocycles. The van der Waals surface area contributed by atoms with Crippen LogP contribution in [-0.2, 0) is 0 Å². The van der Waals surface area contributed by atoms with Crippen molar-refractivity contribution in [3.05, 3.63) is 53.8 Å². The summed E-state index contributed by atoms with van der Waals surface area (Å²) in [6.45, 7) is 0. The summed E-state index contributed by atoms with van der Waals surface area (Å²) in [5.41, 5.74) is 7.12. The van der Waals surface area contributed by atoms with E-state index in [0.29, 0.717) is 28.1 Å². The van der Waals surface area contributed by atoms with Gasteiger partial charge < -0.3 is 10.2 Å². The first-order valence-corrected chi connectivity index (χ1v) is 5.60. The van der Waals surface area contributed by atoms with Crippen LogP contribution in [0.5, 0.6) is 0 Å². The molecule has 3 aromatic rings. The maximum Gasteiger partial charge on any atom is 0.248 e. The number of primary amides is 1. The van der Waals surface area contributed by atoms with Crippen LogP contribution in [0.4, 0.5) is 4.39 Å². The molecule has 1 amide bonds. The van der Waals surface area contributed by atoms with Crippen molar-refractivity contribution in [1.29, 1.82) is 0 Å². The summed E-state index contributed by atoms with van der Waals surface area (Å²) in [5.74, 6) is -0.592. The van der Waals surface area contributed by atoms with E-state index in [1.807, 2.05) is 0 Å². The van der Waals surface area contributed by atoms with Crippen molar-refractivity contribution in [1.82, 2.24) is 4.98 Å². The van der Waals surface area contributed by atoms with Crippen molar-refractivity contribution in [2.24, 2.45) is 5.73 Å². The van der Waals surface area contributed by atoms with Crippen molar-refractivity contribution in [2.75, 3.05) is 0 Å². The molecule has 0 aliphatic rings. The van der Waals surface area contributed by atoms with Crippen molar-refractivity contribution in [3.8, 4) is 11.5 Å². The summed E-state index contributed by atoms with van der Waals surface area (Å²) in [6, 6.07) is 10.7. The van der Waals surface area contributed by atoms with E-state index in [4.69, 9.17) is 10.2 Å². The molecule has 0 atom stereocenters. The van der Waals surface area contributed by atoms with E-state index in [2.05, 4.69) is 4.98 Å². The maximum absolute atomic E-state index is 13.1. The van der Waals surface area contributed by atoms with E-state index < -0.39 is 5.91 Å². The van der Waals surface area contributed by atoms with Gasteiger partial charge >= 0.3 is 0 Å². The summed E-state index contributed by atoms with van der Waals surface area (Å²) < 4.78 is 18.7. The highest BCUT2D eigenvalue weighted by molar-refractivity contribution is 5.96. The fourth-order valence-electron chi connectivity index (χ4n) is 1.83. The van der Waals surface area contributed by atoms with Gasteiger partial charge in [-0.2, -0.15) is 0 Å². The molecule has 2 aromatic carbocycles. The fraction of sp³-hybridized carbons (Fsp3) is 0. The number of rotatable bonds is 2.